The fourth-order valence-corrected chi connectivity index (χ4v) is 3.60. The molecule has 2 N–H and O–H groups in total. The van der Waals surface area contributed by atoms with E-state index in [1.807, 2.05) is 13.1 Å². The Morgan fingerprint density at radius 2 is 2.03 bits per heavy atom. The number of nitrogens with one attached hydrogen (secondary N) is 2. The van der Waals surface area contributed by atoms with Crippen LogP contribution < -0.4 is 10.6 Å². The lowest BCUT2D eigenvalue weighted by Gasteiger charge is -2.15. The normalized spacial score (nSPS) is 15.5. The SMILES string of the molecule is C#Cc1cc2cnc(Nc3cc(C(=O)NC)cc(C4C=NN(C)C4)c3)nc2cc1C(F)(F)F. The van der Waals surface area contributed by atoms with Crippen LogP contribution in [0.3, 0.4) is 0 Å². The van der Waals surface area contributed by atoms with E-state index in [1.165, 1.54) is 19.3 Å². The first-order valence-electron chi connectivity index (χ1n) is 9.92. The summed E-state index contributed by atoms with van der Waals surface area (Å²) in [6.45, 7) is 0.654. The molecule has 1 unspecified atom stereocenters. The molecule has 4 rings (SSSR count). The van der Waals surface area contributed by atoms with E-state index in [-0.39, 0.29) is 28.9 Å². The average Bonchev–Trinajstić information content (AvgIpc) is 3.23. The molecule has 1 aliphatic heterocycles. The van der Waals surface area contributed by atoms with Crippen LogP contribution in [0.1, 0.15) is 33.0 Å². The quantitative estimate of drug-likeness (QED) is 0.590. The Bertz CT molecular complexity index is 1310. The number of hydrazone groups is 1. The number of carbonyl (C=O) groups is 1. The number of likely N-dealkylation sites (N-methyl/N-ethyl adjacent to an activating group) is 1. The van der Waals surface area contributed by atoms with Gasteiger partial charge in [0, 0.05) is 61.2 Å². The van der Waals surface area contributed by atoms with Gasteiger partial charge in [-0.3, -0.25) is 9.80 Å². The number of benzene rings is 2. The fourth-order valence-electron chi connectivity index (χ4n) is 3.60. The molecule has 0 aliphatic carbocycles. The summed E-state index contributed by atoms with van der Waals surface area (Å²) in [5.41, 5.74) is 0.668. The van der Waals surface area contributed by atoms with Gasteiger partial charge < -0.3 is 10.6 Å². The minimum atomic E-state index is -4.61. The number of carbonyl (C=O) groups excluding carboxylic acids is 1. The van der Waals surface area contributed by atoms with Gasteiger partial charge in [-0.25, -0.2) is 9.97 Å². The van der Waals surface area contributed by atoms with Gasteiger partial charge in [0.05, 0.1) is 11.1 Å². The second-order valence-electron chi connectivity index (χ2n) is 7.55. The van der Waals surface area contributed by atoms with Crippen LogP contribution in [0.25, 0.3) is 10.9 Å². The molecule has 10 heteroatoms. The van der Waals surface area contributed by atoms with Gasteiger partial charge >= 0.3 is 6.18 Å². The third-order valence-corrected chi connectivity index (χ3v) is 5.21. The van der Waals surface area contributed by atoms with Gasteiger partial charge in [0.2, 0.25) is 5.95 Å². The maximum Gasteiger partial charge on any atom is 0.417 e. The fraction of sp³-hybridized carbons (Fsp3) is 0.217. The summed E-state index contributed by atoms with van der Waals surface area (Å²) in [7, 11) is 3.38. The Balaban J connectivity index is 1.73. The molecule has 33 heavy (non-hydrogen) atoms. The number of terminal acetylenes is 1. The second kappa shape index (κ2) is 8.43. The topological polar surface area (TPSA) is 82.5 Å². The minimum absolute atomic E-state index is 0.0193. The molecule has 0 saturated carbocycles. The van der Waals surface area contributed by atoms with Gasteiger partial charge in [-0.2, -0.15) is 18.3 Å². The van der Waals surface area contributed by atoms with Gasteiger partial charge in [0.25, 0.3) is 5.91 Å². The maximum atomic E-state index is 13.4. The number of aromatic nitrogens is 2. The number of halogens is 3. The first-order valence-corrected chi connectivity index (χ1v) is 9.92. The third-order valence-electron chi connectivity index (χ3n) is 5.21. The number of hydrogen-bond acceptors (Lipinski definition) is 6. The zero-order valence-electron chi connectivity index (χ0n) is 17.7. The largest absolute Gasteiger partial charge is 0.417 e. The van der Waals surface area contributed by atoms with Crippen LogP contribution >= 0.6 is 0 Å². The second-order valence-corrected chi connectivity index (χ2v) is 7.55. The predicted molar refractivity (Wildman–Crippen MR) is 119 cm³/mol. The van der Waals surface area contributed by atoms with Gasteiger partial charge in [-0.1, -0.05) is 5.92 Å². The summed E-state index contributed by atoms with van der Waals surface area (Å²) >= 11 is 0. The molecular formula is C23H19F3N6O. The van der Waals surface area contributed by atoms with E-state index in [9.17, 15) is 18.0 Å². The molecule has 2 aromatic carbocycles. The first kappa shape index (κ1) is 22.1. The van der Waals surface area contributed by atoms with Crippen molar-refractivity contribution in [3.05, 3.63) is 58.8 Å². The highest BCUT2D eigenvalue weighted by atomic mass is 19.4. The van der Waals surface area contributed by atoms with Crippen molar-refractivity contribution in [2.45, 2.75) is 12.1 Å². The number of fused-ring (bicyclic) bond motifs is 1. The Morgan fingerprint density at radius 1 is 1.24 bits per heavy atom. The molecular weight excluding hydrogens is 433 g/mol. The average molecular weight is 452 g/mol. The molecule has 1 amide bonds. The molecule has 0 saturated heterocycles. The molecule has 2 heterocycles. The number of amides is 1. The standard InChI is InChI=1S/C23H19F3N6O/c1-4-13-5-16-10-28-22(31-20(16)9-19(13)23(24,25)26)30-18-7-14(17-11-29-32(3)12-17)6-15(8-18)21(33)27-2/h1,5-11,17H,12H2,2-3H3,(H,27,33)(H,28,30,31). The molecule has 0 radical (unpaired) electrons. The predicted octanol–water partition coefficient (Wildman–Crippen LogP) is 3.75. The summed E-state index contributed by atoms with van der Waals surface area (Å²) < 4.78 is 40.1. The van der Waals surface area contributed by atoms with Crippen LogP contribution in [-0.4, -0.2) is 47.7 Å². The number of hydrogen-bond donors (Lipinski definition) is 2. The van der Waals surface area contributed by atoms with E-state index in [0.717, 1.165) is 11.6 Å². The first-order chi connectivity index (χ1) is 15.7. The highest BCUT2D eigenvalue weighted by Gasteiger charge is 2.33. The summed E-state index contributed by atoms with van der Waals surface area (Å²) in [5, 5.41) is 12.0. The molecule has 1 atom stereocenters. The monoisotopic (exact) mass is 452 g/mol. The van der Waals surface area contributed by atoms with Crippen molar-refractivity contribution in [3.63, 3.8) is 0 Å². The van der Waals surface area contributed by atoms with Crippen molar-refractivity contribution in [1.82, 2.24) is 20.3 Å². The van der Waals surface area contributed by atoms with Crippen LogP contribution in [0, 0.1) is 12.3 Å². The Hall–Kier alpha value is -4.13. The van der Waals surface area contributed by atoms with Crippen LogP contribution in [-0.2, 0) is 6.18 Å². The highest BCUT2D eigenvalue weighted by Crippen LogP contribution is 2.34. The molecule has 168 valence electrons. The molecule has 1 aliphatic rings. The zero-order valence-corrected chi connectivity index (χ0v) is 17.7. The number of nitrogens with zero attached hydrogens (tertiary/aromatic N) is 4. The van der Waals surface area contributed by atoms with E-state index < -0.39 is 11.7 Å². The number of alkyl halides is 3. The molecule has 1 aromatic heterocycles. The van der Waals surface area contributed by atoms with Crippen LogP contribution in [0.5, 0.6) is 0 Å². The molecule has 0 bridgehead atoms. The lowest BCUT2D eigenvalue weighted by molar-refractivity contribution is -0.137. The smallest absolute Gasteiger partial charge is 0.355 e. The Labute approximate surface area is 187 Å². The van der Waals surface area contributed by atoms with Gasteiger partial charge in [-0.05, 0) is 35.9 Å². The van der Waals surface area contributed by atoms with Crippen molar-refractivity contribution in [3.8, 4) is 12.3 Å². The van der Waals surface area contributed by atoms with Crippen LogP contribution in [0.15, 0.2) is 41.6 Å². The van der Waals surface area contributed by atoms with E-state index in [4.69, 9.17) is 6.42 Å². The van der Waals surface area contributed by atoms with Gasteiger partial charge in [0.1, 0.15) is 0 Å². The molecule has 7 nitrogen and oxygen atoms in total. The Morgan fingerprint density at radius 3 is 2.67 bits per heavy atom. The summed E-state index contributed by atoms with van der Waals surface area (Å²) in [5.74, 6) is 1.85. The Kier molecular flexibility index (Phi) is 5.64. The highest BCUT2D eigenvalue weighted by molar-refractivity contribution is 5.95. The summed E-state index contributed by atoms with van der Waals surface area (Å²) in [6, 6.07) is 7.38. The summed E-state index contributed by atoms with van der Waals surface area (Å²) in [4.78, 5) is 20.7. The third kappa shape index (κ3) is 4.57. The van der Waals surface area contributed by atoms with Crippen molar-refractivity contribution in [1.29, 1.82) is 0 Å². The zero-order chi connectivity index (χ0) is 23.8. The molecule has 3 aromatic rings. The van der Waals surface area contributed by atoms with E-state index >= 15 is 0 Å². The van der Waals surface area contributed by atoms with Crippen LogP contribution in [0.2, 0.25) is 0 Å². The lowest BCUT2D eigenvalue weighted by atomic mass is 9.97. The number of anilines is 2. The number of rotatable bonds is 4. The lowest BCUT2D eigenvalue weighted by Crippen LogP contribution is -2.19. The van der Waals surface area contributed by atoms with Crippen molar-refractivity contribution in [2.24, 2.45) is 5.10 Å². The van der Waals surface area contributed by atoms with Crippen LogP contribution in [0.4, 0.5) is 24.8 Å². The van der Waals surface area contributed by atoms with Crippen molar-refractivity contribution >= 4 is 34.7 Å². The van der Waals surface area contributed by atoms with Crippen molar-refractivity contribution in [2.75, 3.05) is 26.0 Å². The minimum Gasteiger partial charge on any atom is -0.355 e. The van der Waals surface area contributed by atoms with Gasteiger partial charge in [0.15, 0.2) is 0 Å². The van der Waals surface area contributed by atoms with E-state index in [1.54, 1.807) is 23.4 Å². The molecule has 0 spiro atoms. The van der Waals surface area contributed by atoms with Crippen molar-refractivity contribution < 1.29 is 18.0 Å². The van der Waals surface area contributed by atoms with Gasteiger partial charge in [-0.15, -0.1) is 6.42 Å². The van der Waals surface area contributed by atoms with E-state index in [2.05, 4.69) is 31.6 Å². The maximum absolute atomic E-state index is 13.4. The summed E-state index contributed by atoms with van der Waals surface area (Å²) in [6.07, 6.45) is 3.83. The van der Waals surface area contributed by atoms with E-state index in [0.29, 0.717) is 23.2 Å². The molecule has 0 fully saturated rings.